The summed E-state index contributed by atoms with van der Waals surface area (Å²) in [7, 11) is 0. The van der Waals surface area contributed by atoms with Gasteiger partial charge in [-0.25, -0.2) is 9.97 Å². The highest BCUT2D eigenvalue weighted by Crippen LogP contribution is 2.28. The fourth-order valence-corrected chi connectivity index (χ4v) is 3.46. The van der Waals surface area contributed by atoms with Gasteiger partial charge in [-0.1, -0.05) is 46.3 Å². The number of halogens is 1. The highest BCUT2D eigenvalue weighted by molar-refractivity contribution is 9.09. The molecular weight excluding hydrogens is 334 g/mol. The average molecular weight is 348 g/mol. The lowest BCUT2D eigenvalue weighted by Gasteiger charge is -2.23. The van der Waals surface area contributed by atoms with E-state index < -0.39 is 0 Å². The topological polar surface area (TPSA) is 29.0 Å². The summed E-state index contributed by atoms with van der Waals surface area (Å²) in [6.45, 7) is 1.77. The van der Waals surface area contributed by atoms with E-state index in [9.17, 15) is 0 Å². The van der Waals surface area contributed by atoms with E-state index in [4.69, 9.17) is 0 Å². The van der Waals surface area contributed by atoms with Crippen molar-refractivity contribution in [3.8, 4) is 0 Å². The number of hydrogen-bond acceptors (Lipinski definition) is 4. The third kappa shape index (κ3) is 2.83. The number of hydrogen-bond donors (Lipinski definition) is 0. The smallest absolute Gasteiger partial charge is 0.150 e. The number of thiophene rings is 1. The van der Waals surface area contributed by atoms with Crippen molar-refractivity contribution >= 4 is 43.3 Å². The Bertz CT molecular complexity index is 684. The molecule has 0 aliphatic carbocycles. The summed E-state index contributed by atoms with van der Waals surface area (Å²) < 4.78 is 1.16. The summed E-state index contributed by atoms with van der Waals surface area (Å²) >= 11 is 5.23. The van der Waals surface area contributed by atoms with Gasteiger partial charge in [0.2, 0.25) is 0 Å². The Hall–Kier alpha value is -1.46. The van der Waals surface area contributed by atoms with Gasteiger partial charge < -0.3 is 4.90 Å². The van der Waals surface area contributed by atoms with Gasteiger partial charge >= 0.3 is 0 Å². The van der Waals surface area contributed by atoms with Crippen LogP contribution in [0.4, 0.5) is 5.82 Å². The monoisotopic (exact) mass is 347 g/mol. The molecule has 0 amide bonds. The Morgan fingerprint density at radius 3 is 2.75 bits per heavy atom. The van der Waals surface area contributed by atoms with Gasteiger partial charge in [-0.2, -0.15) is 0 Å². The SMILES string of the molecule is BrCCN(Cc1ccccc1)c1ncnc2ccsc12. The van der Waals surface area contributed by atoms with Crippen molar-refractivity contribution in [1.82, 2.24) is 9.97 Å². The largest absolute Gasteiger partial charge is 0.350 e. The predicted molar refractivity (Wildman–Crippen MR) is 88.7 cm³/mol. The molecule has 0 atom stereocenters. The van der Waals surface area contributed by atoms with E-state index in [1.54, 1.807) is 17.7 Å². The van der Waals surface area contributed by atoms with Crippen LogP contribution in [0.2, 0.25) is 0 Å². The van der Waals surface area contributed by atoms with Gasteiger partial charge in [0, 0.05) is 18.4 Å². The molecular formula is C15H14BrN3S. The molecule has 0 fully saturated rings. The number of fused-ring (bicyclic) bond motifs is 1. The van der Waals surface area contributed by atoms with Crippen LogP contribution < -0.4 is 4.90 Å². The van der Waals surface area contributed by atoms with Crippen LogP contribution in [0, 0.1) is 0 Å². The van der Waals surface area contributed by atoms with Crippen LogP contribution in [-0.2, 0) is 6.54 Å². The average Bonchev–Trinajstić information content (AvgIpc) is 2.96. The minimum absolute atomic E-state index is 0.858. The van der Waals surface area contributed by atoms with Crippen molar-refractivity contribution < 1.29 is 0 Å². The second-order valence-electron chi connectivity index (χ2n) is 4.43. The van der Waals surface area contributed by atoms with Gasteiger partial charge in [-0.15, -0.1) is 11.3 Å². The zero-order chi connectivity index (χ0) is 13.8. The van der Waals surface area contributed by atoms with Gasteiger partial charge in [0.1, 0.15) is 12.1 Å². The molecule has 2 heterocycles. The Labute approximate surface area is 130 Å². The number of aromatic nitrogens is 2. The van der Waals surface area contributed by atoms with Crippen molar-refractivity contribution in [3.63, 3.8) is 0 Å². The first-order chi connectivity index (χ1) is 9.88. The van der Waals surface area contributed by atoms with Crippen LogP contribution in [0.3, 0.4) is 0 Å². The minimum atomic E-state index is 0.858. The van der Waals surface area contributed by atoms with E-state index in [0.29, 0.717) is 0 Å². The van der Waals surface area contributed by atoms with Crippen LogP contribution in [0.25, 0.3) is 10.2 Å². The van der Waals surface area contributed by atoms with Gasteiger partial charge in [0.05, 0.1) is 10.2 Å². The van der Waals surface area contributed by atoms with E-state index in [0.717, 1.165) is 34.5 Å². The third-order valence-electron chi connectivity index (χ3n) is 3.09. The normalized spacial score (nSPS) is 10.8. The van der Waals surface area contributed by atoms with Crippen molar-refractivity contribution in [3.05, 3.63) is 53.7 Å². The second-order valence-corrected chi connectivity index (χ2v) is 6.14. The maximum Gasteiger partial charge on any atom is 0.150 e. The lowest BCUT2D eigenvalue weighted by atomic mass is 10.2. The summed E-state index contributed by atoms with van der Waals surface area (Å²) in [4.78, 5) is 11.1. The van der Waals surface area contributed by atoms with Crippen molar-refractivity contribution in [2.75, 3.05) is 16.8 Å². The highest BCUT2D eigenvalue weighted by Gasteiger charge is 2.13. The number of alkyl halides is 1. The van der Waals surface area contributed by atoms with Crippen LogP contribution in [-0.4, -0.2) is 21.8 Å². The fourth-order valence-electron chi connectivity index (χ4n) is 2.17. The number of benzene rings is 1. The summed E-state index contributed by atoms with van der Waals surface area (Å²) in [6, 6.07) is 12.5. The van der Waals surface area contributed by atoms with E-state index in [2.05, 4.69) is 60.4 Å². The van der Waals surface area contributed by atoms with E-state index in [-0.39, 0.29) is 0 Å². The molecule has 3 rings (SSSR count). The summed E-state index contributed by atoms with van der Waals surface area (Å²) in [5.41, 5.74) is 2.31. The highest BCUT2D eigenvalue weighted by atomic mass is 79.9. The number of anilines is 1. The molecule has 0 radical (unpaired) electrons. The van der Waals surface area contributed by atoms with Crippen LogP contribution in [0.1, 0.15) is 5.56 Å². The molecule has 5 heteroatoms. The van der Waals surface area contributed by atoms with E-state index in [1.807, 2.05) is 12.1 Å². The number of rotatable bonds is 5. The molecule has 102 valence electrons. The first kappa shape index (κ1) is 13.5. The molecule has 0 unspecified atom stereocenters. The molecule has 0 N–H and O–H groups in total. The van der Waals surface area contributed by atoms with Crippen molar-refractivity contribution in [2.24, 2.45) is 0 Å². The Balaban J connectivity index is 1.96. The maximum atomic E-state index is 4.50. The lowest BCUT2D eigenvalue weighted by Crippen LogP contribution is -2.25. The molecule has 0 saturated heterocycles. The lowest BCUT2D eigenvalue weighted by molar-refractivity contribution is 0.825. The van der Waals surface area contributed by atoms with Gasteiger partial charge in [-0.3, -0.25) is 0 Å². The molecule has 0 spiro atoms. The Morgan fingerprint density at radius 1 is 1.10 bits per heavy atom. The molecule has 0 aliphatic rings. The molecule has 3 nitrogen and oxygen atoms in total. The van der Waals surface area contributed by atoms with E-state index in [1.165, 1.54) is 5.56 Å². The number of nitrogens with zero attached hydrogens (tertiary/aromatic N) is 3. The summed E-state index contributed by atoms with van der Waals surface area (Å²) in [5, 5.41) is 2.98. The molecule has 20 heavy (non-hydrogen) atoms. The summed E-state index contributed by atoms with van der Waals surface area (Å²) in [6.07, 6.45) is 1.65. The first-order valence-electron chi connectivity index (χ1n) is 6.41. The van der Waals surface area contributed by atoms with Gasteiger partial charge in [-0.05, 0) is 17.0 Å². The van der Waals surface area contributed by atoms with Crippen LogP contribution in [0.5, 0.6) is 0 Å². The third-order valence-corrected chi connectivity index (χ3v) is 4.35. The molecule has 0 bridgehead atoms. The molecule has 0 saturated carbocycles. The van der Waals surface area contributed by atoms with Crippen LogP contribution in [0.15, 0.2) is 48.1 Å². The molecule has 1 aromatic carbocycles. The molecule has 3 aromatic rings. The quantitative estimate of drug-likeness (QED) is 0.650. The first-order valence-corrected chi connectivity index (χ1v) is 8.41. The summed E-state index contributed by atoms with van der Waals surface area (Å²) in [5.74, 6) is 1.02. The predicted octanol–water partition coefficient (Wildman–Crippen LogP) is 4.09. The van der Waals surface area contributed by atoms with Gasteiger partial charge in [0.25, 0.3) is 0 Å². The van der Waals surface area contributed by atoms with Crippen molar-refractivity contribution in [2.45, 2.75) is 6.54 Å². The minimum Gasteiger partial charge on any atom is -0.350 e. The van der Waals surface area contributed by atoms with Crippen LogP contribution >= 0.6 is 27.3 Å². The fraction of sp³-hybridized carbons (Fsp3) is 0.200. The zero-order valence-corrected chi connectivity index (χ0v) is 13.3. The molecule has 0 aliphatic heterocycles. The standard InChI is InChI=1S/C15H14BrN3S/c16-7-8-19(10-12-4-2-1-3-5-12)15-14-13(6-9-20-14)17-11-18-15/h1-6,9,11H,7-8,10H2. The van der Waals surface area contributed by atoms with Crippen molar-refractivity contribution in [1.29, 1.82) is 0 Å². The maximum absolute atomic E-state index is 4.50. The zero-order valence-electron chi connectivity index (χ0n) is 10.9. The second kappa shape index (κ2) is 6.33. The Kier molecular flexibility index (Phi) is 4.28. The van der Waals surface area contributed by atoms with E-state index >= 15 is 0 Å². The molecule has 2 aromatic heterocycles. The Morgan fingerprint density at radius 2 is 1.95 bits per heavy atom. The van der Waals surface area contributed by atoms with Gasteiger partial charge in [0.15, 0.2) is 0 Å².